The van der Waals surface area contributed by atoms with Crippen molar-refractivity contribution in [1.29, 1.82) is 0 Å². The zero-order chi connectivity index (χ0) is 22.9. The average molecular weight is 514 g/mol. The molecule has 2 amide bonds. The lowest BCUT2D eigenvalue weighted by Crippen LogP contribution is -2.49. The lowest BCUT2D eigenvalue weighted by Gasteiger charge is -2.31. The van der Waals surface area contributed by atoms with Crippen LogP contribution < -0.4 is 5.32 Å². The second-order valence-electron chi connectivity index (χ2n) is 7.56. The molecule has 0 fully saturated rings. The maximum Gasteiger partial charge on any atom is 0.242 e. The highest BCUT2D eigenvalue weighted by atomic mass is 79.9. The van der Waals surface area contributed by atoms with Crippen LogP contribution in [0.4, 0.5) is 0 Å². The van der Waals surface area contributed by atoms with Gasteiger partial charge in [-0.25, -0.2) is 0 Å². The Hall–Kier alpha value is -2.63. The van der Waals surface area contributed by atoms with Gasteiger partial charge in [-0.3, -0.25) is 9.59 Å². The summed E-state index contributed by atoms with van der Waals surface area (Å²) >= 11 is 9.78. The molecule has 0 aliphatic heterocycles. The van der Waals surface area contributed by atoms with Gasteiger partial charge in [-0.05, 0) is 41.3 Å². The van der Waals surface area contributed by atoms with Crippen molar-refractivity contribution in [2.75, 3.05) is 7.05 Å². The van der Waals surface area contributed by atoms with Gasteiger partial charge in [0.25, 0.3) is 0 Å². The Morgan fingerprint density at radius 2 is 1.66 bits per heavy atom. The zero-order valence-electron chi connectivity index (χ0n) is 17.9. The zero-order valence-corrected chi connectivity index (χ0v) is 20.3. The molecule has 0 unspecified atom stereocenters. The van der Waals surface area contributed by atoms with Crippen LogP contribution in [0.3, 0.4) is 0 Å². The maximum absolute atomic E-state index is 13.5. The van der Waals surface area contributed by atoms with Crippen molar-refractivity contribution in [1.82, 2.24) is 10.2 Å². The lowest BCUT2D eigenvalue weighted by molar-refractivity contribution is -0.141. The van der Waals surface area contributed by atoms with Crippen molar-refractivity contribution >= 4 is 39.3 Å². The van der Waals surface area contributed by atoms with Gasteiger partial charge in [-0.15, -0.1) is 0 Å². The minimum atomic E-state index is -0.625. The van der Waals surface area contributed by atoms with E-state index < -0.39 is 6.04 Å². The summed E-state index contributed by atoms with van der Waals surface area (Å²) in [6.45, 7) is 0.339. The van der Waals surface area contributed by atoms with Crippen LogP contribution in [0.1, 0.15) is 23.1 Å². The smallest absolute Gasteiger partial charge is 0.242 e. The normalized spacial score (nSPS) is 11.6. The molecule has 1 N–H and O–H groups in total. The number of benzene rings is 3. The van der Waals surface area contributed by atoms with E-state index in [1.54, 1.807) is 11.9 Å². The van der Waals surface area contributed by atoms with Gasteiger partial charge in [0.15, 0.2) is 0 Å². The number of aryl methyl sites for hydroxylation is 1. The number of hydrogen-bond acceptors (Lipinski definition) is 2. The van der Waals surface area contributed by atoms with Gasteiger partial charge in [-0.2, -0.15) is 0 Å². The molecule has 0 bridgehead atoms. The first-order chi connectivity index (χ1) is 15.5. The molecule has 1 atom stereocenters. The van der Waals surface area contributed by atoms with Gasteiger partial charge in [0.1, 0.15) is 6.04 Å². The molecule has 0 heterocycles. The highest BCUT2D eigenvalue weighted by Crippen LogP contribution is 2.21. The molecule has 3 aromatic carbocycles. The maximum atomic E-state index is 13.5. The van der Waals surface area contributed by atoms with Crippen molar-refractivity contribution in [2.24, 2.45) is 0 Å². The van der Waals surface area contributed by atoms with E-state index in [9.17, 15) is 9.59 Å². The monoisotopic (exact) mass is 512 g/mol. The fourth-order valence-corrected chi connectivity index (χ4v) is 4.32. The number of nitrogens with zero attached hydrogens (tertiary/aromatic N) is 1. The molecule has 0 saturated carbocycles. The number of halogens is 2. The first-order valence-corrected chi connectivity index (χ1v) is 11.7. The van der Waals surface area contributed by atoms with Crippen LogP contribution >= 0.6 is 27.5 Å². The van der Waals surface area contributed by atoms with Crippen LogP contribution in [0.15, 0.2) is 83.3 Å². The fraction of sp³-hybridized carbons (Fsp3) is 0.231. The van der Waals surface area contributed by atoms with Crippen molar-refractivity contribution < 1.29 is 9.59 Å². The highest BCUT2D eigenvalue weighted by molar-refractivity contribution is 9.10. The van der Waals surface area contributed by atoms with Gasteiger partial charge in [-0.1, -0.05) is 88.2 Å². The Bertz CT molecular complexity index is 1060. The second-order valence-corrected chi connectivity index (χ2v) is 8.89. The summed E-state index contributed by atoms with van der Waals surface area (Å²) in [6, 6.07) is 24.5. The second kappa shape index (κ2) is 11.8. The molecule has 0 aliphatic rings. The molecule has 3 rings (SSSR count). The molecule has 3 aromatic rings. The predicted molar refractivity (Wildman–Crippen MR) is 132 cm³/mol. The molecule has 0 spiro atoms. The van der Waals surface area contributed by atoms with E-state index in [0.29, 0.717) is 24.4 Å². The molecule has 6 heteroatoms. The van der Waals surface area contributed by atoms with Crippen molar-refractivity contribution in [3.8, 4) is 0 Å². The topological polar surface area (TPSA) is 49.4 Å². The lowest BCUT2D eigenvalue weighted by atomic mass is 10.0. The molecular formula is C26H26BrClN2O2. The number of nitrogens with one attached hydrogen (secondary N) is 1. The molecule has 0 aromatic heterocycles. The summed E-state index contributed by atoms with van der Waals surface area (Å²) in [7, 11) is 1.60. The van der Waals surface area contributed by atoms with Crippen LogP contribution in [0.2, 0.25) is 5.02 Å². The molecule has 0 radical (unpaired) electrons. The van der Waals surface area contributed by atoms with Crippen molar-refractivity contribution in [2.45, 2.75) is 31.8 Å². The minimum Gasteiger partial charge on any atom is -0.357 e. The number of carbonyl (C=O) groups excluding carboxylic acids is 2. The van der Waals surface area contributed by atoms with E-state index in [1.165, 1.54) is 0 Å². The summed E-state index contributed by atoms with van der Waals surface area (Å²) in [5, 5.41) is 3.38. The summed E-state index contributed by atoms with van der Waals surface area (Å²) in [5.41, 5.74) is 2.87. The van der Waals surface area contributed by atoms with Gasteiger partial charge in [0.05, 0.1) is 0 Å². The first-order valence-electron chi connectivity index (χ1n) is 10.5. The van der Waals surface area contributed by atoms with Crippen LogP contribution in [0.25, 0.3) is 0 Å². The molecule has 32 heavy (non-hydrogen) atoms. The molecule has 4 nitrogen and oxygen atoms in total. The van der Waals surface area contributed by atoms with Crippen molar-refractivity contribution in [3.63, 3.8) is 0 Å². The Morgan fingerprint density at radius 1 is 0.969 bits per heavy atom. The molecule has 166 valence electrons. The Morgan fingerprint density at radius 3 is 2.34 bits per heavy atom. The third-order valence-corrected chi connectivity index (χ3v) is 6.19. The Kier molecular flexibility index (Phi) is 8.89. The van der Waals surface area contributed by atoms with E-state index in [-0.39, 0.29) is 18.2 Å². The molecular weight excluding hydrogens is 488 g/mol. The Labute approximate surface area is 202 Å². The van der Waals surface area contributed by atoms with E-state index in [4.69, 9.17) is 11.6 Å². The first kappa shape index (κ1) is 24.0. The number of carbonyl (C=O) groups is 2. The number of hydrogen-bond donors (Lipinski definition) is 1. The standard InChI is InChI=1S/C26H26BrClN2O2/c1-29-26(32)24(17-19-8-3-2-4-9-19)30(18-20-10-7-12-22(27)16-20)25(31)15-14-21-11-5-6-13-23(21)28/h2-13,16,24H,14-15,17-18H2,1H3,(H,29,32)/t24-/m0/s1. The average Bonchev–Trinajstić information content (AvgIpc) is 2.81. The van der Waals surface area contributed by atoms with Gasteiger partial charge in [0, 0.05) is 35.9 Å². The highest BCUT2D eigenvalue weighted by Gasteiger charge is 2.29. The van der Waals surface area contributed by atoms with E-state index in [0.717, 1.165) is 21.2 Å². The quantitative estimate of drug-likeness (QED) is 0.415. The third-order valence-electron chi connectivity index (χ3n) is 5.33. The SMILES string of the molecule is CNC(=O)[C@H](Cc1ccccc1)N(Cc1cccc(Br)c1)C(=O)CCc1ccccc1Cl. The van der Waals surface area contributed by atoms with Crippen LogP contribution in [0, 0.1) is 0 Å². The van der Waals surface area contributed by atoms with E-state index >= 15 is 0 Å². The van der Waals surface area contributed by atoms with E-state index in [2.05, 4.69) is 21.2 Å². The van der Waals surface area contributed by atoms with E-state index in [1.807, 2.05) is 78.9 Å². The number of amides is 2. The largest absolute Gasteiger partial charge is 0.357 e. The van der Waals surface area contributed by atoms with Crippen molar-refractivity contribution in [3.05, 3.63) is 105 Å². The number of rotatable bonds is 9. The van der Waals surface area contributed by atoms with Crippen LogP contribution in [0.5, 0.6) is 0 Å². The molecule has 0 saturated heterocycles. The summed E-state index contributed by atoms with van der Waals surface area (Å²) in [5.74, 6) is -0.274. The van der Waals surface area contributed by atoms with Gasteiger partial charge < -0.3 is 10.2 Å². The summed E-state index contributed by atoms with van der Waals surface area (Å²) < 4.78 is 0.929. The van der Waals surface area contributed by atoms with Gasteiger partial charge in [0.2, 0.25) is 11.8 Å². The molecule has 0 aliphatic carbocycles. The Balaban J connectivity index is 1.88. The third kappa shape index (κ3) is 6.68. The summed E-state index contributed by atoms with van der Waals surface area (Å²) in [6.07, 6.45) is 1.21. The number of likely N-dealkylation sites (N-methyl/N-ethyl adjacent to an activating group) is 1. The summed E-state index contributed by atoms with van der Waals surface area (Å²) in [4.78, 5) is 28.1. The van der Waals surface area contributed by atoms with Crippen LogP contribution in [-0.2, 0) is 29.0 Å². The fourth-order valence-electron chi connectivity index (χ4n) is 3.64. The minimum absolute atomic E-state index is 0.0885. The van der Waals surface area contributed by atoms with Gasteiger partial charge >= 0.3 is 0 Å². The van der Waals surface area contributed by atoms with Crippen LogP contribution in [-0.4, -0.2) is 29.8 Å². The predicted octanol–water partition coefficient (Wildman–Crippen LogP) is 5.42.